The molecule has 0 aliphatic rings. The van der Waals surface area contributed by atoms with E-state index in [4.69, 9.17) is 15.3 Å². The van der Waals surface area contributed by atoms with Gasteiger partial charge in [-0.05, 0) is 19.4 Å². The van der Waals surface area contributed by atoms with Gasteiger partial charge in [-0.25, -0.2) is 4.79 Å². The quantitative estimate of drug-likeness (QED) is 0.482. The number of benzene rings is 1. The SMILES string of the molecule is CCCOc1cccc2c(NN)c(C(=O)OCC)cnc12. The summed E-state index contributed by atoms with van der Waals surface area (Å²) in [4.78, 5) is 16.3. The lowest BCUT2D eigenvalue weighted by molar-refractivity contribution is 0.0527. The molecule has 0 saturated heterocycles. The number of hydrogen-bond acceptors (Lipinski definition) is 6. The van der Waals surface area contributed by atoms with Gasteiger partial charge in [-0.3, -0.25) is 10.8 Å². The number of fused-ring (bicyclic) bond motifs is 1. The zero-order valence-electron chi connectivity index (χ0n) is 12.2. The van der Waals surface area contributed by atoms with Crippen LogP contribution in [0.25, 0.3) is 10.9 Å². The third kappa shape index (κ3) is 3.05. The van der Waals surface area contributed by atoms with Gasteiger partial charge < -0.3 is 14.9 Å². The molecule has 0 spiro atoms. The van der Waals surface area contributed by atoms with Crippen molar-refractivity contribution < 1.29 is 14.3 Å². The minimum Gasteiger partial charge on any atom is -0.491 e. The Morgan fingerprint density at radius 2 is 2.19 bits per heavy atom. The standard InChI is InChI=1S/C15H19N3O3/c1-3-8-21-12-7-5-6-10-13(18-16)11(9-17-14(10)12)15(19)20-4-2/h5-7,9H,3-4,8,16H2,1-2H3,(H,17,18). The Morgan fingerprint density at radius 3 is 2.86 bits per heavy atom. The van der Waals surface area contributed by atoms with Crippen molar-refractivity contribution in [3.63, 3.8) is 0 Å². The van der Waals surface area contributed by atoms with Crippen LogP contribution >= 0.6 is 0 Å². The van der Waals surface area contributed by atoms with E-state index in [0.717, 1.165) is 11.8 Å². The molecule has 6 heteroatoms. The Hall–Kier alpha value is -2.34. The van der Waals surface area contributed by atoms with Gasteiger partial charge in [0.15, 0.2) is 0 Å². The Kier molecular flexibility index (Phi) is 4.94. The van der Waals surface area contributed by atoms with Crippen LogP contribution in [0.4, 0.5) is 5.69 Å². The van der Waals surface area contributed by atoms with E-state index in [1.54, 1.807) is 6.92 Å². The zero-order chi connectivity index (χ0) is 15.2. The summed E-state index contributed by atoms with van der Waals surface area (Å²) >= 11 is 0. The second-order valence-corrected chi connectivity index (χ2v) is 4.41. The molecule has 3 N–H and O–H groups in total. The van der Waals surface area contributed by atoms with Crippen molar-refractivity contribution in [3.05, 3.63) is 30.0 Å². The van der Waals surface area contributed by atoms with Crippen molar-refractivity contribution in [2.45, 2.75) is 20.3 Å². The highest BCUT2D eigenvalue weighted by molar-refractivity contribution is 6.06. The van der Waals surface area contributed by atoms with E-state index in [-0.39, 0.29) is 0 Å². The summed E-state index contributed by atoms with van der Waals surface area (Å²) in [6.45, 7) is 4.68. The zero-order valence-corrected chi connectivity index (χ0v) is 12.2. The van der Waals surface area contributed by atoms with E-state index in [2.05, 4.69) is 10.4 Å². The summed E-state index contributed by atoms with van der Waals surface area (Å²) in [6.07, 6.45) is 2.35. The van der Waals surface area contributed by atoms with Crippen LogP contribution < -0.4 is 16.0 Å². The third-order valence-electron chi connectivity index (χ3n) is 2.96. The number of esters is 1. The molecule has 0 saturated carbocycles. The summed E-state index contributed by atoms with van der Waals surface area (Å²) in [5.74, 6) is 5.78. The summed E-state index contributed by atoms with van der Waals surface area (Å²) in [5, 5.41) is 0.719. The van der Waals surface area contributed by atoms with Crippen molar-refractivity contribution in [2.24, 2.45) is 5.84 Å². The van der Waals surface area contributed by atoms with Crippen LogP contribution in [0.3, 0.4) is 0 Å². The average Bonchev–Trinajstić information content (AvgIpc) is 2.51. The minimum atomic E-state index is -0.459. The van der Waals surface area contributed by atoms with Crippen molar-refractivity contribution in [1.82, 2.24) is 4.98 Å². The van der Waals surface area contributed by atoms with Crippen molar-refractivity contribution >= 4 is 22.6 Å². The molecular weight excluding hydrogens is 270 g/mol. The molecule has 2 rings (SSSR count). The number of carbonyl (C=O) groups is 1. The van der Waals surface area contributed by atoms with Gasteiger partial charge in [0.2, 0.25) is 0 Å². The van der Waals surface area contributed by atoms with Crippen LogP contribution in [0.1, 0.15) is 30.6 Å². The fourth-order valence-corrected chi connectivity index (χ4v) is 2.04. The topological polar surface area (TPSA) is 86.5 Å². The van der Waals surface area contributed by atoms with Gasteiger partial charge in [0.1, 0.15) is 16.8 Å². The van der Waals surface area contributed by atoms with Gasteiger partial charge in [0, 0.05) is 11.6 Å². The normalized spacial score (nSPS) is 10.4. The number of para-hydroxylation sites is 1. The molecule has 0 bridgehead atoms. The first kappa shape index (κ1) is 15.1. The summed E-state index contributed by atoms with van der Waals surface area (Å²) < 4.78 is 10.7. The number of aromatic nitrogens is 1. The van der Waals surface area contributed by atoms with E-state index in [1.165, 1.54) is 6.20 Å². The molecule has 1 aromatic heterocycles. The second kappa shape index (κ2) is 6.90. The molecular formula is C15H19N3O3. The number of nitrogen functional groups attached to an aromatic ring is 1. The predicted octanol–water partition coefficient (Wildman–Crippen LogP) is 2.49. The van der Waals surface area contributed by atoms with Crippen LogP contribution in [0.5, 0.6) is 5.75 Å². The lowest BCUT2D eigenvalue weighted by Crippen LogP contribution is -2.15. The molecule has 21 heavy (non-hydrogen) atoms. The monoisotopic (exact) mass is 289 g/mol. The Labute approximate surface area is 123 Å². The molecule has 1 aromatic carbocycles. The van der Waals surface area contributed by atoms with Gasteiger partial charge in [-0.1, -0.05) is 19.1 Å². The van der Waals surface area contributed by atoms with E-state index < -0.39 is 5.97 Å². The van der Waals surface area contributed by atoms with E-state index in [1.807, 2.05) is 25.1 Å². The smallest absolute Gasteiger partial charge is 0.341 e. The van der Waals surface area contributed by atoms with Gasteiger partial charge >= 0.3 is 5.97 Å². The van der Waals surface area contributed by atoms with E-state index >= 15 is 0 Å². The number of ether oxygens (including phenoxy) is 2. The Balaban J connectivity index is 2.55. The lowest BCUT2D eigenvalue weighted by Gasteiger charge is -2.13. The number of carbonyl (C=O) groups excluding carboxylic acids is 1. The predicted molar refractivity (Wildman–Crippen MR) is 81.3 cm³/mol. The first-order chi connectivity index (χ1) is 10.2. The van der Waals surface area contributed by atoms with Crippen LogP contribution in [0.15, 0.2) is 24.4 Å². The number of nitrogens with zero attached hydrogens (tertiary/aromatic N) is 1. The third-order valence-corrected chi connectivity index (χ3v) is 2.96. The van der Waals surface area contributed by atoms with Gasteiger partial charge in [0.05, 0.1) is 18.9 Å². The fourth-order valence-electron chi connectivity index (χ4n) is 2.04. The van der Waals surface area contributed by atoms with Crippen LogP contribution in [-0.4, -0.2) is 24.2 Å². The minimum absolute atomic E-state index is 0.292. The summed E-state index contributed by atoms with van der Waals surface area (Å²) in [5.41, 5.74) is 4.02. The molecule has 1 heterocycles. The molecule has 0 radical (unpaired) electrons. The molecule has 6 nitrogen and oxygen atoms in total. The van der Waals surface area contributed by atoms with E-state index in [9.17, 15) is 4.79 Å². The maximum absolute atomic E-state index is 11.9. The molecule has 0 aliphatic heterocycles. The Morgan fingerprint density at radius 1 is 1.38 bits per heavy atom. The van der Waals surface area contributed by atoms with Crippen LogP contribution in [-0.2, 0) is 4.74 Å². The maximum atomic E-state index is 11.9. The van der Waals surface area contributed by atoms with Crippen LogP contribution in [0.2, 0.25) is 0 Å². The number of nitrogens with two attached hydrogens (primary N) is 1. The van der Waals surface area contributed by atoms with Gasteiger partial charge in [-0.2, -0.15) is 0 Å². The van der Waals surface area contributed by atoms with Crippen molar-refractivity contribution in [2.75, 3.05) is 18.6 Å². The van der Waals surface area contributed by atoms with Gasteiger partial charge in [-0.15, -0.1) is 0 Å². The summed E-state index contributed by atoms with van der Waals surface area (Å²) in [6, 6.07) is 5.51. The van der Waals surface area contributed by atoms with Crippen molar-refractivity contribution in [1.29, 1.82) is 0 Å². The fraction of sp³-hybridized carbons (Fsp3) is 0.333. The highest BCUT2D eigenvalue weighted by Gasteiger charge is 2.17. The number of pyridine rings is 1. The Bertz CT molecular complexity index is 643. The molecule has 0 atom stereocenters. The van der Waals surface area contributed by atoms with Crippen LogP contribution in [0, 0.1) is 0 Å². The lowest BCUT2D eigenvalue weighted by atomic mass is 10.1. The number of hydrazine groups is 1. The maximum Gasteiger partial charge on any atom is 0.341 e. The highest BCUT2D eigenvalue weighted by atomic mass is 16.5. The first-order valence-corrected chi connectivity index (χ1v) is 6.91. The molecule has 0 fully saturated rings. The largest absolute Gasteiger partial charge is 0.491 e. The molecule has 0 aliphatic carbocycles. The number of nitrogens with one attached hydrogen (secondary N) is 1. The molecule has 2 aromatic rings. The number of anilines is 1. The van der Waals surface area contributed by atoms with E-state index in [0.29, 0.717) is 35.7 Å². The highest BCUT2D eigenvalue weighted by Crippen LogP contribution is 2.31. The molecule has 0 amide bonds. The second-order valence-electron chi connectivity index (χ2n) is 4.41. The molecule has 0 unspecified atom stereocenters. The first-order valence-electron chi connectivity index (χ1n) is 6.91. The van der Waals surface area contributed by atoms with Gasteiger partial charge in [0.25, 0.3) is 0 Å². The number of hydrogen-bond donors (Lipinski definition) is 2. The van der Waals surface area contributed by atoms with Crippen molar-refractivity contribution in [3.8, 4) is 5.75 Å². The summed E-state index contributed by atoms with van der Waals surface area (Å²) in [7, 11) is 0. The molecule has 112 valence electrons. The average molecular weight is 289 g/mol. The number of rotatable bonds is 6.